The van der Waals surface area contributed by atoms with Crippen molar-refractivity contribution < 1.29 is 28.4 Å². The zero-order valence-corrected chi connectivity index (χ0v) is 21.0. The van der Waals surface area contributed by atoms with Gasteiger partial charge in [-0.3, -0.25) is 14.4 Å². The molecular formula is C28H31N3O6. The van der Waals surface area contributed by atoms with Crippen LogP contribution < -0.4 is 10.1 Å². The first-order valence-electron chi connectivity index (χ1n) is 12.4. The summed E-state index contributed by atoms with van der Waals surface area (Å²) >= 11 is 0. The molecule has 1 fully saturated rings. The summed E-state index contributed by atoms with van der Waals surface area (Å²) in [6.45, 7) is 2.97. The van der Waals surface area contributed by atoms with E-state index in [1.807, 2.05) is 42.5 Å². The third-order valence-corrected chi connectivity index (χ3v) is 6.43. The van der Waals surface area contributed by atoms with Gasteiger partial charge in [-0.25, -0.2) is 0 Å². The predicted molar refractivity (Wildman–Crippen MR) is 136 cm³/mol. The fourth-order valence-corrected chi connectivity index (χ4v) is 4.37. The molecule has 0 saturated carbocycles. The lowest BCUT2D eigenvalue weighted by atomic mass is 9.95. The molecule has 0 bridgehead atoms. The molecule has 2 heterocycles. The molecule has 2 aromatic carbocycles. The van der Waals surface area contributed by atoms with Gasteiger partial charge in [0.1, 0.15) is 11.8 Å². The Morgan fingerprint density at radius 3 is 2.43 bits per heavy atom. The molecule has 1 atom stereocenters. The summed E-state index contributed by atoms with van der Waals surface area (Å²) in [6.07, 6.45) is 1.39. The maximum atomic E-state index is 13.5. The summed E-state index contributed by atoms with van der Waals surface area (Å²) in [4.78, 5) is 40.4. The minimum absolute atomic E-state index is 0.0812. The van der Waals surface area contributed by atoms with Crippen LogP contribution in [0.3, 0.4) is 0 Å². The minimum Gasteiger partial charge on any atom is -0.497 e. The Labute approximate surface area is 215 Å². The topological polar surface area (TPSA) is 111 Å². The van der Waals surface area contributed by atoms with Crippen molar-refractivity contribution >= 4 is 17.8 Å². The zero-order valence-electron chi connectivity index (χ0n) is 21.0. The lowest BCUT2D eigenvalue weighted by Crippen LogP contribution is -2.52. The number of methoxy groups -OCH3 is 1. The standard InChI is InChI=1S/C28H31N3O6/c1-3-36-28(34)21-13-15-31(16-14-21)27(33)24(17-19-7-5-4-6-8-19)29-26(32)23-18-25(37-30-23)20-9-11-22(35-2)12-10-20/h4-12,18,21,24H,3,13-17H2,1-2H3,(H,29,32)/t24-/m0/s1. The minimum atomic E-state index is -0.796. The second-order valence-electron chi connectivity index (χ2n) is 8.87. The summed E-state index contributed by atoms with van der Waals surface area (Å²) in [7, 11) is 1.58. The van der Waals surface area contributed by atoms with Crippen molar-refractivity contribution in [2.45, 2.75) is 32.2 Å². The van der Waals surface area contributed by atoms with Crippen molar-refractivity contribution in [3.8, 4) is 17.1 Å². The number of esters is 1. The van der Waals surface area contributed by atoms with Crippen LogP contribution in [0.5, 0.6) is 5.75 Å². The second kappa shape index (κ2) is 12.2. The van der Waals surface area contributed by atoms with Crippen LogP contribution >= 0.6 is 0 Å². The number of likely N-dealkylation sites (tertiary alicyclic amines) is 1. The highest BCUT2D eigenvalue weighted by Gasteiger charge is 2.32. The van der Waals surface area contributed by atoms with Crippen molar-refractivity contribution in [2.24, 2.45) is 5.92 Å². The average Bonchev–Trinajstić information content (AvgIpc) is 3.44. The third kappa shape index (κ3) is 6.55. The molecule has 1 aliphatic rings. The van der Waals surface area contributed by atoms with E-state index in [2.05, 4.69) is 10.5 Å². The largest absolute Gasteiger partial charge is 0.497 e. The van der Waals surface area contributed by atoms with Crippen molar-refractivity contribution in [2.75, 3.05) is 26.8 Å². The van der Waals surface area contributed by atoms with E-state index in [-0.39, 0.29) is 23.5 Å². The molecule has 0 spiro atoms. The highest BCUT2D eigenvalue weighted by molar-refractivity contribution is 5.96. The molecule has 37 heavy (non-hydrogen) atoms. The van der Waals surface area contributed by atoms with E-state index >= 15 is 0 Å². The summed E-state index contributed by atoms with van der Waals surface area (Å²) < 4.78 is 15.7. The number of nitrogens with zero attached hydrogens (tertiary/aromatic N) is 2. The Bertz CT molecular complexity index is 1200. The van der Waals surface area contributed by atoms with Crippen LogP contribution in [0, 0.1) is 5.92 Å². The van der Waals surface area contributed by atoms with Gasteiger partial charge in [-0.05, 0) is 49.6 Å². The fourth-order valence-electron chi connectivity index (χ4n) is 4.37. The number of nitrogens with one attached hydrogen (secondary N) is 1. The predicted octanol–water partition coefficient (Wildman–Crippen LogP) is 3.49. The normalized spacial score (nSPS) is 14.6. The van der Waals surface area contributed by atoms with Crippen LogP contribution in [0.1, 0.15) is 35.8 Å². The van der Waals surface area contributed by atoms with Crippen LogP contribution in [0.25, 0.3) is 11.3 Å². The summed E-state index contributed by atoms with van der Waals surface area (Å²) in [6, 6.07) is 17.5. The van der Waals surface area contributed by atoms with Gasteiger partial charge >= 0.3 is 5.97 Å². The van der Waals surface area contributed by atoms with Gasteiger partial charge in [0.05, 0.1) is 19.6 Å². The Morgan fingerprint density at radius 1 is 1.08 bits per heavy atom. The first-order valence-corrected chi connectivity index (χ1v) is 12.4. The SMILES string of the molecule is CCOC(=O)C1CCN(C(=O)[C@H](Cc2ccccc2)NC(=O)c2cc(-c3ccc(OC)cc3)on2)CC1. The molecule has 0 unspecified atom stereocenters. The molecule has 9 nitrogen and oxygen atoms in total. The molecule has 1 N–H and O–H groups in total. The van der Waals surface area contributed by atoms with Crippen molar-refractivity contribution in [1.82, 2.24) is 15.4 Å². The van der Waals surface area contributed by atoms with Gasteiger partial charge in [-0.1, -0.05) is 35.5 Å². The van der Waals surface area contributed by atoms with Crippen LogP contribution in [-0.4, -0.2) is 60.7 Å². The van der Waals surface area contributed by atoms with Gasteiger partial charge in [-0.15, -0.1) is 0 Å². The number of piperidine rings is 1. The van der Waals surface area contributed by atoms with E-state index in [1.165, 1.54) is 0 Å². The van der Waals surface area contributed by atoms with Gasteiger partial charge in [0.25, 0.3) is 5.91 Å². The van der Waals surface area contributed by atoms with Crippen LogP contribution in [0.15, 0.2) is 65.2 Å². The van der Waals surface area contributed by atoms with Crippen LogP contribution in [-0.2, 0) is 20.7 Å². The van der Waals surface area contributed by atoms with Gasteiger partial charge in [0, 0.05) is 31.1 Å². The molecule has 0 radical (unpaired) electrons. The summed E-state index contributed by atoms with van der Waals surface area (Å²) in [5, 5.41) is 6.77. The first-order chi connectivity index (χ1) is 18.0. The lowest BCUT2D eigenvalue weighted by Gasteiger charge is -2.33. The number of amides is 2. The molecular weight excluding hydrogens is 474 g/mol. The van der Waals surface area contributed by atoms with Crippen LogP contribution in [0.4, 0.5) is 0 Å². The van der Waals surface area contributed by atoms with E-state index in [9.17, 15) is 14.4 Å². The Balaban J connectivity index is 1.46. The molecule has 2 amide bonds. The molecule has 1 saturated heterocycles. The highest BCUT2D eigenvalue weighted by atomic mass is 16.5. The van der Waals surface area contributed by atoms with E-state index < -0.39 is 11.9 Å². The van der Waals surface area contributed by atoms with Gasteiger partial charge < -0.3 is 24.2 Å². The fraction of sp³-hybridized carbons (Fsp3) is 0.357. The monoisotopic (exact) mass is 505 g/mol. The zero-order chi connectivity index (χ0) is 26.2. The van der Waals surface area contributed by atoms with Gasteiger partial charge in [-0.2, -0.15) is 0 Å². The number of rotatable bonds is 9. The van der Waals surface area contributed by atoms with Crippen molar-refractivity contribution in [1.29, 1.82) is 0 Å². The number of benzene rings is 2. The van der Waals surface area contributed by atoms with Crippen molar-refractivity contribution in [3.05, 3.63) is 71.9 Å². The van der Waals surface area contributed by atoms with Crippen molar-refractivity contribution in [3.63, 3.8) is 0 Å². The average molecular weight is 506 g/mol. The lowest BCUT2D eigenvalue weighted by molar-refractivity contribution is -0.151. The summed E-state index contributed by atoms with van der Waals surface area (Å²) in [5.74, 6) is 0.00672. The number of aromatic nitrogens is 1. The van der Waals surface area contributed by atoms with E-state index in [0.717, 1.165) is 11.1 Å². The van der Waals surface area contributed by atoms with E-state index in [4.69, 9.17) is 14.0 Å². The summed E-state index contributed by atoms with van der Waals surface area (Å²) in [5.41, 5.74) is 1.74. The molecule has 0 aliphatic carbocycles. The molecule has 9 heteroatoms. The molecule has 4 rings (SSSR count). The molecule has 1 aliphatic heterocycles. The van der Waals surface area contributed by atoms with Gasteiger partial charge in [0.2, 0.25) is 5.91 Å². The maximum absolute atomic E-state index is 13.5. The van der Waals surface area contributed by atoms with E-state index in [0.29, 0.717) is 50.5 Å². The quantitative estimate of drug-likeness (QED) is 0.443. The Morgan fingerprint density at radius 2 is 1.78 bits per heavy atom. The smallest absolute Gasteiger partial charge is 0.309 e. The first kappa shape index (κ1) is 25.9. The van der Waals surface area contributed by atoms with E-state index in [1.54, 1.807) is 37.1 Å². The third-order valence-electron chi connectivity index (χ3n) is 6.43. The Kier molecular flexibility index (Phi) is 8.56. The molecule has 3 aromatic rings. The number of carbonyl (C=O) groups is 3. The number of carbonyl (C=O) groups excluding carboxylic acids is 3. The Hall–Kier alpha value is -4.14. The second-order valence-corrected chi connectivity index (χ2v) is 8.87. The molecule has 1 aromatic heterocycles. The highest BCUT2D eigenvalue weighted by Crippen LogP contribution is 2.24. The number of hydrogen-bond donors (Lipinski definition) is 1. The maximum Gasteiger partial charge on any atom is 0.309 e. The number of ether oxygens (including phenoxy) is 2. The van der Waals surface area contributed by atoms with Gasteiger partial charge in [0.15, 0.2) is 11.5 Å². The molecule has 194 valence electrons. The number of hydrogen-bond acceptors (Lipinski definition) is 7. The van der Waals surface area contributed by atoms with Crippen LogP contribution in [0.2, 0.25) is 0 Å².